The number of hydrogen-bond donors (Lipinski definition) is 2. The molecule has 0 bridgehead atoms. The zero-order chi connectivity index (χ0) is 44.7. The van der Waals surface area contributed by atoms with E-state index in [1.54, 1.807) is 0 Å². The van der Waals surface area contributed by atoms with Gasteiger partial charge in [0.1, 0.15) is 24.7 Å². The number of ether oxygens (including phenoxy) is 6. The van der Waals surface area contributed by atoms with Crippen LogP contribution in [0.1, 0.15) is 29.0 Å². The standard InChI is InChI=1S/C56H48N2O8/c1-33-53(55(59)57-47-23-21-43-39-15-5-11-35-9-3-13-37(49(35)39)41-17-7-19-45(47)51(41)43)65-31-27-62-26-30-64-34(2)54(66-32-28-61-25-29-63-33)56(60)58-48-24-22-44-40-16-6-12-36-10-4-14-38(50(36)40)42-18-8-20-46(48)52(42)44/h3-13,15-24,38,53-54H,1-2,14,25-32H2,(H,57,59)(H,58,60). The van der Waals surface area contributed by atoms with Gasteiger partial charge in [0.25, 0.3) is 11.8 Å². The number of anilines is 2. The average molecular weight is 877 g/mol. The summed E-state index contributed by atoms with van der Waals surface area (Å²) in [7, 11) is 0. The Labute approximate surface area is 381 Å². The Morgan fingerprint density at radius 2 is 1.03 bits per heavy atom. The predicted octanol–water partition coefficient (Wildman–Crippen LogP) is 10.9. The van der Waals surface area contributed by atoms with E-state index in [9.17, 15) is 9.59 Å². The van der Waals surface area contributed by atoms with E-state index in [-0.39, 0.29) is 70.3 Å². The van der Waals surface area contributed by atoms with Gasteiger partial charge in [-0.25, -0.2) is 0 Å². The van der Waals surface area contributed by atoms with Crippen LogP contribution in [0.2, 0.25) is 0 Å². The van der Waals surface area contributed by atoms with Crippen molar-refractivity contribution in [2.75, 3.05) is 63.5 Å². The quantitative estimate of drug-likeness (QED) is 0.133. The minimum absolute atomic E-state index is 0.0648. The zero-order valence-electron chi connectivity index (χ0n) is 36.4. The summed E-state index contributed by atoms with van der Waals surface area (Å²) in [6.07, 6.45) is 3.12. The van der Waals surface area contributed by atoms with E-state index < -0.39 is 24.0 Å². The number of amides is 2. The topological polar surface area (TPSA) is 114 Å². The van der Waals surface area contributed by atoms with Gasteiger partial charge in [-0.15, -0.1) is 0 Å². The number of fused-ring (bicyclic) bond motifs is 4. The van der Waals surface area contributed by atoms with Crippen molar-refractivity contribution in [1.29, 1.82) is 0 Å². The summed E-state index contributed by atoms with van der Waals surface area (Å²) in [4.78, 5) is 28.1. The maximum absolute atomic E-state index is 14.1. The molecule has 0 spiro atoms. The van der Waals surface area contributed by atoms with Crippen molar-refractivity contribution in [2.24, 2.45) is 0 Å². The van der Waals surface area contributed by atoms with E-state index in [4.69, 9.17) is 28.4 Å². The lowest BCUT2D eigenvalue weighted by Crippen LogP contribution is -2.35. The van der Waals surface area contributed by atoms with Crippen molar-refractivity contribution in [3.05, 3.63) is 163 Å². The summed E-state index contributed by atoms with van der Waals surface area (Å²) < 4.78 is 35.8. The number of rotatable bonds is 4. The van der Waals surface area contributed by atoms with Gasteiger partial charge in [-0.2, -0.15) is 0 Å². The summed E-state index contributed by atoms with van der Waals surface area (Å²) in [5.74, 6) is -0.314. The van der Waals surface area contributed by atoms with E-state index in [1.165, 1.54) is 43.8 Å². The number of hydrogen-bond acceptors (Lipinski definition) is 8. The highest BCUT2D eigenvalue weighted by molar-refractivity contribution is 6.34. The molecule has 1 heterocycles. The second kappa shape index (κ2) is 17.7. The van der Waals surface area contributed by atoms with Crippen LogP contribution in [0.15, 0.2) is 146 Å². The Morgan fingerprint density at radius 3 is 1.70 bits per heavy atom. The molecular weight excluding hydrogens is 829 g/mol. The molecule has 1 aliphatic heterocycles. The first-order valence-corrected chi connectivity index (χ1v) is 22.5. The molecule has 11 rings (SSSR count). The molecule has 3 aliphatic rings. The third-order valence-electron chi connectivity index (χ3n) is 13.1. The molecular formula is C56H48N2O8. The van der Waals surface area contributed by atoms with Crippen LogP contribution >= 0.6 is 0 Å². The summed E-state index contributed by atoms with van der Waals surface area (Å²) in [6.45, 7) is 9.12. The fourth-order valence-electron chi connectivity index (χ4n) is 10.2. The third kappa shape index (κ3) is 7.42. The lowest BCUT2D eigenvalue weighted by Gasteiger charge is -2.32. The summed E-state index contributed by atoms with van der Waals surface area (Å²) in [5.41, 5.74) is 7.59. The van der Waals surface area contributed by atoms with Crippen LogP contribution in [-0.2, 0) is 38.0 Å². The monoisotopic (exact) mass is 876 g/mol. The van der Waals surface area contributed by atoms with Gasteiger partial charge < -0.3 is 39.1 Å². The van der Waals surface area contributed by atoms with Crippen molar-refractivity contribution in [3.63, 3.8) is 0 Å². The van der Waals surface area contributed by atoms with Gasteiger partial charge in [-0.3, -0.25) is 9.59 Å². The van der Waals surface area contributed by atoms with Crippen LogP contribution in [-0.4, -0.2) is 76.9 Å². The number of allylic oxidation sites excluding steroid dienone is 1. The molecule has 0 saturated carbocycles. The average Bonchev–Trinajstić information content (AvgIpc) is 3.34. The smallest absolute Gasteiger partial charge is 0.261 e. The first-order chi connectivity index (χ1) is 32.4. The zero-order valence-corrected chi connectivity index (χ0v) is 36.4. The molecule has 8 aromatic rings. The Morgan fingerprint density at radius 1 is 0.500 bits per heavy atom. The van der Waals surface area contributed by atoms with Crippen molar-refractivity contribution in [2.45, 2.75) is 24.5 Å². The number of carbonyl (C=O) groups excluding carboxylic acids is 2. The van der Waals surface area contributed by atoms with Crippen LogP contribution in [0.25, 0.3) is 71.1 Å². The summed E-state index contributed by atoms with van der Waals surface area (Å²) >= 11 is 0. The molecule has 1 fully saturated rings. The van der Waals surface area contributed by atoms with Gasteiger partial charge >= 0.3 is 0 Å². The molecule has 10 nitrogen and oxygen atoms in total. The Balaban J connectivity index is 0.755. The molecule has 10 heteroatoms. The molecule has 3 atom stereocenters. The largest absolute Gasteiger partial charge is 0.493 e. The summed E-state index contributed by atoms with van der Waals surface area (Å²) in [5, 5.41) is 17.3. The molecule has 2 N–H and O–H groups in total. The molecule has 0 radical (unpaired) electrons. The fraction of sp³-hybridized carbons (Fsp3) is 0.214. The molecule has 330 valence electrons. The first-order valence-electron chi connectivity index (χ1n) is 22.5. The normalized spacial score (nSPS) is 19.5. The van der Waals surface area contributed by atoms with Gasteiger partial charge in [0.2, 0.25) is 0 Å². The van der Waals surface area contributed by atoms with E-state index in [0.29, 0.717) is 11.4 Å². The number of benzene rings is 8. The minimum atomic E-state index is -1.14. The van der Waals surface area contributed by atoms with Crippen LogP contribution in [0.3, 0.4) is 0 Å². The Bertz CT molecular complexity index is 3210. The highest BCUT2D eigenvalue weighted by atomic mass is 16.6. The van der Waals surface area contributed by atoms with Crippen LogP contribution in [0.5, 0.6) is 0 Å². The van der Waals surface area contributed by atoms with E-state index in [0.717, 1.165) is 44.3 Å². The van der Waals surface area contributed by atoms with Crippen molar-refractivity contribution in [3.8, 4) is 11.1 Å². The van der Waals surface area contributed by atoms with Gasteiger partial charge in [-0.05, 0) is 89.5 Å². The van der Waals surface area contributed by atoms with Crippen LogP contribution in [0, 0.1) is 0 Å². The third-order valence-corrected chi connectivity index (χ3v) is 13.1. The molecule has 1 saturated heterocycles. The van der Waals surface area contributed by atoms with Crippen molar-refractivity contribution in [1.82, 2.24) is 0 Å². The van der Waals surface area contributed by atoms with Gasteiger partial charge in [0, 0.05) is 28.1 Å². The second-order valence-corrected chi connectivity index (χ2v) is 16.9. The van der Waals surface area contributed by atoms with Gasteiger partial charge in [-0.1, -0.05) is 128 Å². The highest BCUT2D eigenvalue weighted by Crippen LogP contribution is 2.51. The first kappa shape index (κ1) is 41.6. The maximum atomic E-state index is 14.1. The lowest BCUT2D eigenvalue weighted by molar-refractivity contribution is -0.131. The molecule has 8 aromatic carbocycles. The van der Waals surface area contributed by atoms with E-state index >= 15 is 0 Å². The molecule has 0 aromatic heterocycles. The van der Waals surface area contributed by atoms with Crippen molar-refractivity contribution >= 4 is 83.1 Å². The molecule has 66 heavy (non-hydrogen) atoms. The Kier molecular flexibility index (Phi) is 11.2. The number of carbonyl (C=O) groups is 2. The molecule has 2 aliphatic carbocycles. The SMILES string of the molecule is C=C1OCCOCCOC(C(=O)Nc2ccc3c4cccc5cccc(c6cccc2c63)c54)C(=C)OCCOCCOC1C(=O)Nc1ccc2c3c(cccc13)C1CC=Cc3cccc-2c31. The van der Waals surface area contributed by atoms with E-state index in [2.05, 4.69) is 127 Å². The lowest BCUT2D eigenvalue weighted by atomic mass is 9.72. The predicted molar refractivity (Wildman–Crippen MR) is 261 cm³/mol. The van der Waals surface area contributed by atoms with Crippen LogP contribution < -0.4 is 10.6 Å². The van der Waals surface area contributed by atoms with Crippen LogP contribution in [0.4, 0.5) is 11.4 Å². The van der Waals surface area contributed by atoms with Crippen molar-refractivity contribution < 1.29 is 38.0 Å². The minimum Gasteiger partial charge on any atom is -0.493 e. The van der Waals surface area contributed by atoms with Gasteiger partial charge in [0.05, 0.1) is 39.6 Å². The Hall–Kier alpha value is -7.08. The second-order valence-electron chi connectivity index (χ2n) is 16.9. The maximum Gasteiger partial charge on any atom is 0.261 e. The number of nitrogens with one attached hydrogen (secondary N) is 2. The highest BCUT2D eigenvalue weighted by Gasteiger charge is 2.32. The van der Waals surface area contributed by atoms with Gasteiger partial charge in [0.15, 0.2) is 12.2 Å². The molecule has 3 unspecified atom stereocenters. The molecule has 2 amide bonds. The van der Waals surface area contributed by atoms with E-state index in [1.807, 2.05) is 24.3 Å². The fourth-order valence-corrected chi connectivity index (χ4v) is 10.2. The summed E-state index contributed by atoms with van der Waals surface area (Å²) in [6, 6.07) is 39.8.